The van der Waals surface area contributed by atoms with Crippen LogP contribution in [0.25, 0.3) is 16.5 Å². The van der Waals surface area contributed by atoms with Crippen LogP contribution < -0.4 is 5.32 Å². The van der Waals surface area contributed by atoms with Crippen molar-refractivity contribution in [1.29, 1.82) is 0 Å². The summed E-state index contributed by atoms with van der Waals surface area (Å²) in [5, 5.41) is 14.4. The Kier molecular flexibility index (Phi) is 5.86. The number of carbonyl (C=O) groups is 1. The second-order valence-electron chi connectivity index (χ2n) is 7.42. The maximum absolute atomic E-state index is 12.6. The molecule has 0 fully saturated rings. The molecule has 1 N–H and O–H groups in total. The van der Waals surface area contributed by atoms with Gasteiger partial charge < -0.3 is 5.32 Å². The van der Waals surface area contributed by atoms with E-state index in [4.69, 9.17) is 0 Å². The second kappa shape index (κ2) is 8.71. The minimum atomic E-state index is -0.0823. The lowest BCUT2D eigenvalue weighted by atomic mass is 10.00. The topological polar surface area (TPSA) is 59.8 Å². The summed E-state index contributed by atoms with van der Waals surface area (Å²) in [6, 6.07) is 20.6. The maximum Gasteiger partial charge on any atom is 0.230 e. The normalized spacial score (nSPS) is 12.1. The van der Waals surface area contributed by atoms with Gasteiger partial charge >= 0.3 is 0 Å². The van der Waals surface area contributed by atoms with Gasteiger partial charge in [0.05, 0.1) is 17.5 Å². The van der Waals surface area contributed by atoms with E-state index in [9.17, 15) is 4.79 Å². The molecule has 0 aliphatic carbocycles. The first kappa shape index (κ1) is 20.2. The zero-order chi connectivity index (χ0) is 21.1. The molecule has 1 heterocycles. The molecule has 0 spiro atoms. The molecule has 4 rings (SSSR count). The lowest BCUT2D eigenvalue weighted by Gasteiger charge is -2.16. The summed E-state index contributed by atoms with van der Waals surface area (Å²) in [5.74, 6) is 0.245. The van der Waals surface area contributed by atoms with Crippen molar-refractivity contribution in [3.05, 3.63) is 83.7 Å². The quantitative estimate of drug-likeness (QED) is 0.449. The Morgan fingerprint density at radius 3 is 2.77 bits per heavy atom. The Morgan fingerprint density at radius 2 is 1.90 bits per heavy atom. The third-order valence-corrected chi connectivity index (χ3v) is 6.08. The molecule has 6 heteroatoms. The molecule has 5 nitrogen and oxygen atoms in total. The van der Waals surface area contributed by atoms with E-state index in [2.05, 4.69) is 71.8 Å². The number of hydrogen-bond acceptors (Lipinski definition) is 4. The van der Waals surface area contributed by atoms with E-state index in [1.807, 2.05) is 29.7 Å². The van der Waals surface area contributed by atoms with Gasteiger partial charge in [0.1, 0.15) is 6.33 Å². The van der Waals surface area contributed by atoms with Crippen molar-refractivity contribution in [3.63, 3.8) is 0 Å². The molecule has 30 heavy (non-hydrogen) atoms. The van der Waals surface area contributed by atoms with Gasteiger partial charge in [0.15, 0.2) is 5.16 Å². The standard InChI is InChI=1S/C24H24N4OS/c1-16-11-12-17(2)22(13-16)28-15-25-27-24(28)30-14-23(29)26-18(3)20-10-6-8-19-7-4-5-9-21(19)20/h4-13,15,18H,14H2,1-3H3,(H,26,29)/t18-/m0/s1. The number of benzene rings is 3. The van der Waals surface area contributed by atoms with Gasteiger partial charge in [0.25, 0.3) is 0 Å². The Balaban J connectivity index is 1.45. The molecule has 0 saturated carbocycles. The Morgan fingerprint density at radius 1 is 1.10 bits per heavy atom. The highest BCUT2D eigenvalue weighted by Gasteiger charge is 2.15. The summed E-state index contributed by atoms with van der Waals surface area (Å²) in [5.41, 5.74) is 4.45. The van der Waals surface area contributed by atoms with Gasteiger partial charge in [-0.1, -0.05) is 66.4 Å². The van der Waals surface area contributed by atoms with Crippen LogP contribution in [0, 0.1) is 13.8 Å². The van der Waals surface area contributed by atoms with Crippen LogP contribution in [0.15, 0.2) is 72.1 Å². The lowest BCUT2D eigenvalue weighted by Crippen LogP contribution is -2.28. The van der Waals surface area contributed by atoms with Crippen LogP contribution in [0.2, 0.25) is 0 Å². The summed E-state index contributed by atoms with van der Waals surface area (Å²) in [6.45, 7) is 6.13. The molecular weight excluding hydrogens is 392 g/mol. The van der Waals surface area contributed by atoms with E-state index < -0.39 is 0 Å². The molecule has 0 aliphatic heterocycles. The fraction of sp³-hybridized carbons (Fsp3) is 0.208. The third-order valence-electron chi connectivity index (χ3n) is 5.14. The number of rotatable bonds is 6. The monoisotopic (exact) mass is 416 g/mol. The zero-order valence-electron chi connectivity index (χ0n) is 17.3. The predicted molar refractivity (Wildman–Crippen MR) is 122 cm³/mol. The Bertz CT molecular complexity index is 1200. The van der Waals surface area contributed by atoms with Crippen LogP contribution in [0.3, 0.4) is 0 Å². The number of hydrogen-bond donors (Lipinski definition) is 1. The summed E-state index contributed by atoms with van der Waals surface area (Å²) >= 11 is 1.39. The van der Waals surface area contributed by atoms with Crippen molar-refractivity contribution in [1.82, 2.24) is 20.1 Å². The molecule has 1 aromatic heterocycles. The molecule has 0 radical (unpaired) electrons. The fourth-order valence-electron chi connectivity index (χ4n) is 3.59. The number of amides is 1. The first-order valence-corrected chi connectivity index (χ1v) is 10.9. The van der Waals surface area contributed by atoms with Gasteiger partial charge in [-0.25, -0.2) is 0 Å². The second-order valence-corrected chi connectivity index (χ2v) is 8.36. The van der Waals surface area contributed by atoms with Gasteiger partial charge in [-0.3, -0.25) is 9.36 Å². The van der Waals surface area contributed by atoms with Gasteiger partial charge in [-0.15, -0.1) is 10.2 Å². The largest absolute Gasteiger partial charge is 0.349 e. The van der Waals surface area contributed by atoms with Gasteiger partial charge in [-0.05, 0) is 54.3 Å². The molecule has 0 aliphatic rings. The van der Waals surface area contributed by atoms with Crippen LogP contribution in [-0.4, -0.2) is 26.4 Å². The highest BCUT2D eigenvalue weighted by Crippen LogP contribution is 2.25. The van der Waals surface area contributed by atoms with Crippen LogP contribution in [0.4, 0.5) is 0 Å². The SMILES string of the molecule is Cc1ccc(C)c(-n2cnnc2SCC(=O)N[C@@H](C)c2cccc3ccccc23)c1. The molecule has 0 saturated heterocycles. The average Bonchev–Trinajstić information content (AvgIpc) is 3.22. The maximum atomic E-state index is 12.6. The molecule has 3 aromatic carbocycles. The number of nitrogens with one attached hydrogen (secondary N) is 1. The molecule has 0 bridgehead atoms. The molecular formula is C24H24N4OS. The van der Waals surface area contributed by atoms with Crippen LogP contribution in [0.5, 0.6) is 0 Å². The molecule has 0 unspecified atom stereocenters. The fourth-order valence-corrected chi connectivity index (χ4v) is 4.32. The Labute approximate surface area is 180 Å². The number of aryl methyl sites for hydroxylation is 2. The molecule has 1 amide bonds. The number of fused-ring (bicyclic) bond motifs is 1. The molecule has 1 atom stereocenters. The summed E-state index contributed by atoms with van der Waals surface area (Å²) in [7, 11) is 0. The van der Waals surface area contributed by atoms with Crippen molar-refractivity contribution in [2.75, 3.05) is 5.75 Å². The first-order chi connectivity index (χ1) is 14.5. The minimum absolute atomic E-state index is 0.0315. The van der Waals surface area contributed by atoms with Crippen LogP contribution in [0.1, 0.15) is 29.7 Å². The first-order valence-electron chi connectivity index (χ1n) is 9.90. The van der Waals surface area contributed by atoms with Crippen molar-refractivity contribution in [2.24, 2.45) is 0 Å². The number of carbonyl (C=O) groups excluding carboxylic acids is 1. The van der Waals surface area contributed by atoms with Gasteiger partial charge in [-0.2, -0.15) is 0 Å². The summed E-state index contributed by atoms with van der Waals surface area (Å²) in [6.07, 6.45) is 1.70. The van der Waals surface area contributed by atoms with Crippen LogP contribution >= 0.6 is 11.8 Å². The summed E-state index contributed by atoms with van der Waals surface area (Å²) < 4.78 is 1.94. The summed E-state index contributed by atoms with van der Waals surface area (Å²) in [4.78, 5) is 12.6. The van der Waals surface area contributed by atoms with Gasteiger partial charge in [0.2, 0.25) is 5.91 Å². The van der Waals surface area contributed by atoms with E-state index in [1.165, 1.54) is 22.7 Å². The minimum Gasteiger partial charge on any atom is -0.349 e. The lowest BCUT2D eigenvalue weighted by molar-refractivity contribution is -0.119. The number of aromatic nitrogens is 3. The molecule has 4 aromatic rings. The van der Waals surface area contributed by atoms with E-state index in [0.29, 0.717) is 5.16 Å². The third kappa shape index (κ3) is 4.24. The highest BCUT2D eigenvalue weighted by molar-refractivity contribution is 7.99. The molecule has 152 valence electrons. The number of thioether (sulfide) groups is 1. The predicted octanol–water partition coefficient (Wildman–Crippen LogP) is 5.01. The van der Waals surface area contributed by atoms with Crippen molar-refractivity contribution in [3.8, 4) is 5.69 Å². The smallest absolute Gasteiger partial charge is 0.230 e. The van der Waals surface area contributed by atoms with E-state index in [1.54, 1.807) is 6.33 Å². The van der Waals surface area contributed by atoms with E-state index >= 15 is 0 Å². The zero-order valence-corrected chi connectivity index (χ0v) is 18.1. The van der Waals surface area contributed by atoms with Crippen molar-refractivity contribution < 1.29 is 4.79 Å². The van der Waals surface area contributed by atoms with E-state index in [-0.39, 0.29) is 17.7 Å². The number of nitrogens with zero attached hydrogens (tertiary/aromatic N) is 3. The highest BCUT2D eigenvalue weighted by atomic mass is 32.2. The van der Waals surface area contributed by atoms with Crippen molar-refractivity contribution >= 4 is 28.4 Å². The van der Waals surface area contributed by atoms with Gasteiger partial charge in [0, 0.05) is 0 Å². The Hall–Kier alpha value is -3.12. The van der Waals surface area contributed by atoms with Crippen LogP contribution in [-0.2, 0) is 4.79 Å². The average molecular weight is 417 g/mol. The van der Waals surface area contributed by atoms with E-state index in [0.717, 1.165) is 22.2 Å². The van der Waals surface area contributed by atoms with Crippen molar-refractivity contribution in [2.45, 2.75) is 32.0 Å².